The zero-order valence-corrected chi connectivity index (χ0v) is 12.8. The van der Waals surface area contributed by atoms with Gasteiger partial charge in [-0.1, -0.05) is 18.2 Å². The Labute approximate surface area is 136 Å². The number of rotatable bonds is 8. The molecule has 2 amide bonds. The van der Waals surface area contributed by atoms with Gasteiger partial charge in [0.15, 0.2) is 0 Å². The largest absolute Gasteiger partial charge is 0.481 e. The van der Waals surface area contributed by atoms with Gasteiger partial charge >= 0.3 is 11.9 Å². The van der Waals surface area contributed by atoms with Gasteiger partial charge in [0.05, 0.1) is 6.42 Å². The number of nitrogens with one attached hydrogen (secondary N) is 2. The monoisotopic (exact) mass is 340 g/mol. The molecule has 8 nitrogen and oxygen atoms in total. The van der Waals surface area contributed by atoms with Crippen LogP contribution in [0.4, 0.5) is 4.39 Å². The average molecular weight is 340 g/mol. The number of hydrogen-bond acceptors (Lipinski definition) is 4. The molecular formula is C15H17FN2O6. The lowest BCUT2D eigenvalue weighted by molar-refractivity contribution is -0.147. The first-order valence-corrected chi connectivity index (χ1v) is 6.96. The number of benzene rings is 1. The van der Waals surface area contributed by atoms with Gasteiger partial charge in [-0.3, -0.25) is 14.4 Å². The number of carboxylic acid groups (broad SMARTS) is 2. The highest BCUT2D eigenvalue weighted by Crippen LogP contribution is 2.10. The summed E-state index contributed by atoms with van der Waals surface area (Å²) in [6.07, 6.45) is -1.04. The van der Waals surface area contributed by atoms with Gasteiger partial charge in [0, 0.05) is 13.3 Å². The van der Waals surface area contributed by atoms with Gasteiger partial charge in [-0.2, -0.15) is 0 Å². The maximum atomic E-state index is 13.7. The van der Waals surface area contributed by atoms with E-state index >= 15 is 0 Å². The average Bonchev–Trinajstić information content (AvgIpc) is 2.47. The molecule has 1 aromatic rings. The maximum Gasteiger partial charge on any atom is 0.326 e. The number of carbonyl (C=O) groups excluding carboxylic acids is 2. The first-order valence-electron chi connectivity index (χ1n) is 6.96. The van der Waals surface area contributed by atoms with Gasteiger partial charge in [-0.15, -0.1) is 0 Å². The van der Waals surface area contributed by atoms with Crippen LogP contribution in [0.5, 0.6) is 0 Å². The first-order chi connectivity index (χ1) is 11.2. The number of amides is 2. The minimum Gasteiger partial charge on any atom is -0.481 e. The Morgan fingerprint density at radius 2 is 1.71 bits per heavy atom. The SMILES string of the molecule is CC(=O)N[C@H](Cc1ccccc1F)C(=O)N[C@@H](CC(=O)O)C(=O)O. The van der Waals surface area contributed by atoms with Gasteiger partial charge in [0.25, 0.3) is 0 Å². The van der Waals surface area contributed by atoms with Crippen LogP contribution in [-0.2, 0) is 25.6 Å². The molecule has 0 aliphatic rings. The van der Waals surface area contributed by atoms with Crippen molar-refractivity contribution >= 4 is 23.8 Å². The van der Waals surface area contributed by atoms with Crippen LogP contribution in [0.15, 0.2) is 24.3 Å². The summed E-state index contributed by atoms with van der Waals surface area (Å²) < 4.78 is 13.7. The van der Waals surface area contributed by atoms with Crippen LogP contribution in [0, 0.1) is 5.82 Å². The summed E-state index contributed by atoms with van der Waals surface area (Å²) in [5, 5.41) is 21.9. The Balaban J connectivity index is 2.92. The van der Waals surface area contributed by atoms with E-state index in [1.807, 2.05) is 5.32 Å². The Bertz CT molecular complexity index is 649. The quantitative estimate of drug-likeness (QED) is 0.523. The van der Waals surface area contributed by atoms with Crippen molar-refractivity contribution in [1.29, 1.82) is 0 Å². The minimum absolute atomic E-state index is 0.150. The fourth-order valence-electron chi connectivity index (χ4n) is 1.99. The van der Waals surface area contributed by atoms with Crippen molar-refractivity contribution in [3.8, 4) is 0 Å². The Hall–Kier alpha value is -2.97. The van der Waals surface area contributed by atoms with Gasteiger partial charge in [-0.25, -0.2) is 9.18 Å². The molecular weight excluding hydrogens is 323 g/mol. The number of hydrogen-bond donors (Lipinski definition) is 4. The summed E-state index contributed by atoms with van der Waals surface area (Å²) in [7, 11) is 0. The molecule has 2 atom stereocenters. The predicted molar refractivity (Wildman–Crippen MR) is 79.5 cm³/mol. The zero-order chi connectivity index (χ0) is 18.3. The molecule has 0 radical (unpaired) electrons. The highest BCUT2D eigenvalue weighted by Gasteiger charge is 2.28. The third kappa shape index (κ3) is 6.03. The number of carbonyl (C=O) groups is 4. The standard InChI is InChI=1S/C15H17FN2O6/c1-8(19)17-11(6-9-4-2-3-5-10(9)16)14(22)18-12(15(23)24)7-13(20)21/h2-5,11-12H,6-7H2,1H3,(H,17,19)(H,18,22)(H,20,21)(H,23,24)/t11-,12+/m1/s1. The van der Waals surface area contributed by atoms with Crippen LogP contribution in [-0.4, -0.2) is 46.0 Å². The fourth-order valence-corrected chi connectivity index (χ4v) is 1.99. The molecule has 0 bridgehead atoms. The number of halogens is 1. The maximum absolute atomic E-state index is 13.7. The van der Waals surface area contributed by atoms with Crippen LogP contribution in [0.2, 0.25) is 0 Å². The normalized spacial score (nSPS) is 12.8. The lowest BCUT2D eigenvalue weighted by Crippen LogP contribution is -2.52. The fraction of sp³-hybridized carbons (Fsp3) is 0.333. The first kappa shape index (κ1) is 19.1. The van der Waals surface area contributed by atoms with E-state index < -0.39 is 48.1 Å². The summed E-state index contributed by atoms with van der Waals surface area (Å²) in [4.78, 5) is 45.1. The van der Waals surface area contributed by atoms with Gasteiger partial charge in [-0.05, 0) is 11.6 Å². The molecule has 24 heavy (non-hydrogen) atoms. The van der Waals surface area contributed by atoms with Crippen molar-refractivity contribution in [2.75, 3.05) is 0 Å². The molecule has 130 valence electrons. The van der Waals surface area contributed by atoms with Gasteiger partial charge < -0.3 is 20.8 Å². The van der Waals surface area contributed by atoms with Gasteiger partial charge in [0.1, 0.15) is 17.9 Å². The molecule has 1 rings (SSSR count). The summed E-state index contributed by atoms with van der Waals surface area (Å²) in [6, 6.07) is 2.71. The Kier molecular flexibility index (Phi) is 6.84. The van der Waals surface area contributed by atoms with E-state index in [2.05, 4.69) is 5.32 Å². The second-order valence-electron chi connectivity index (χ2n) is 5.05. The van der Waals surface area contributed by atoms with Crippen LogP contribution < -0.4 is 10.6 Å². The second-order valence-corrected chi connectivity index (χ2v) is 5.05. The topological polar surface area (TPSA) is 133 Å². The summed E-state index contributed by atoms with van der Waals surface area (Å²) in [5.74, 6) is -5.01. The third-order valence-corrected chi connectivity index (χ3v) is 3.07. The molecule has 9 heteroatoms. The van der Waals surface area contributed by atoms with E-state index in [0.29, 0.717) is 0 Å². The van der Waals surface area contributed by atoms with Crippen LogP contribution >= 0.6 is 0 Å². The highest BCUT2D eigenvalue weighted by molar-refractivity contribution is 5.91. The van der Waals surface area contributed by atoms with Crippen molar-refractivity contribution in [2.45, 2.75) is 31.8 Å². The van der Waals surface area contributed by atoms with Crippen molar-refractivity contribution in [3.05, 3.63) is 35.6 Å². The van der Waals surface area contributed by atoms with Crippen LogP contribution in [0.1, 0.15) is 18.9 Å². The van der Waals surface area contributed by atoms with E-state index in [0.717, 1.165) is 6.92 Å². The molecule has 0 unspecified atom stereocenters. The van der Waals surface area contributed by atoms with E-state index in [1.165, 1.54) is 18.2 Å². The second kappa shape index (κ2) is 8.61. The lowest BCUT2D eigenvalue weighted by Gasteiger charge is -2.20. The molecule has 0 heterocycles. The molecule has 4 N–H and O–H groups in total. The van der Waals surface area contributed by atoms with Crippen molar-refractivity contribution in [3.63, 3.8) is 0 Å². The van der Waals surface area contributed by atoms with E-state index in [-0.39, 0.29) is 12.0 Å². The third-order valence-electron chi connectivity index (χ3n) is 3.07. The summed E-state index contributed by atoms with van der Waals surface area (Å²) in [5.41, 5.74) is 0.150. The van der Waals surface area contributed by atoms with Crippen molar-refractivity contribution < 1.29 is 33.8 Å². The molecule has 0 saturated heterocycles. The molecule has 0 aromatic heterocycles. The minimum atomic E-state index is -1.66. The molecule has 0 aliphatic heterocycles. The van der Waals surface area contributed by atoms with E-state index in [4.69, 9.17) is 10.2 Å². The number of aliphatic carboxylic acids is 2. The molecule has 0 fully saturated rings. The number of carboxylic acids is 2. The Morgan fingerprint density at radius 3 is 2.21 bits per heavy atom. The lowest BCUT2D eigenvalue weighted by atomic mass is 10.0. The summed E-state index contributed by atoms with van der Waals surface area (Å²) >= 11 is 0. The van der Waals surface area contributed by atoms with Crippen LogP contribution in [0.3, 0.4) is 0 Å². The molecule has 1 aromatic carbocycles. The van der Waals surface area contributed by atoms with E-state index in [1.54, 1.807) is 6.07 Å². The highest BCUT2D eigenvalue weighted by atomic mass is 19.1. The summed E-state index contributed by atoms with van der Waals surface area (Å²) in [6.45, 7) is 1.15. The smallest absolute Gasteiger partial charge is 0.326 e. The van der Waals surface area contributed by atoms with Crippen molar-refractivity contribution in [2.24, 2.45) is 0 Å². The zero-order valence-electron chi connectivity index (χ0n) is 12.8. The van der Waals surface area contributed by atoms with E-state index in [9.17, 15) is 23.6 Å². The predicted octanol–water partition coefficient (Wildman–Crippen LogP) is -0.0830. The van der Waals surface area contributed by atoms with Crippen molar-refractivity contribution in [1.82, 2.24) is 10.6 Å². The molecule has 0 spiro atoms. The van der Waals surface area contributed by atoms with Crippen LogP contribution in [0.25, 0.3) is 0 Å². The van der Waals surface area contributed by atoms with Gasteiger partial charge in [0.2, 0.25) is 11.8 Å². The Morgan fingerprint density at radius 1 is 1.08 bits per heavy atom. The molecule has 0 aliphatic carbocycles. The molecule has 0 saturated carbocycles.